The van der Waals surface area contributed by atoms with Crippen molar-refractivity contribution in [2.45, 2.75) is 6.42 Å². The van der Waals surface area contributed by atoms with Gasteiger partial charge in [-0.1, -0.05) is 31.4 Å². The van der Waals surface area contributed by atoms with Gasteiger partial charge in [0.1, 0.15) is 0 Å². The third kappa shape index (κ3) is 2.23. The lowest BCUT2D eigenvalue weighted by Crippen LogP contribution is -1.86. The second-order valence-corrected chi connectivity index (χ2v) is 2.44. The molecule has 0 amide bonds. The minimum Gasteiger partial charge on any atom is -0.348 e. The number of aromatic amines is 1. The monoisotopic (exact) mass is 160 g/mol. The van der Waals surface area contributed by atoms with Crippen LogP contribution in [0.3, 0.4) is 0 Å². The van der Waals surface area contributed by atoms with Crippen molar-refractivity contribution in [3.63, 3.8) is 0 Å². The van der Waals surface area contributed by atoms with Crippen LogP contribution >= 0.6 is 0 Å². The molecule has 0 aliphatic carbocycles. The second-order valence-electron chi connectivity index (χ2n) is 2.44. The van der Waals surface area contributed by atoms with Crippen LogP contribution < -0.4 is 0 Å². The van der Waals surface area contributed by atoms with Crippen LogP contribution in [0.1, 0.15) is 5.69 Å². The van der Waals surface area contributed by atoms with Crippen molar-refractivity contribution < 1.29 is 0 Å². The Kier molecular flexibility index (Phi) is 3.08. The summed E-state index contributed by atoms with van der Waals surface area (Å²) in [5, 5.41) is 0. The zero-order valence-electron chi connectivity index (χ0n) is 6.96. The highest BCUT2D eigenvalue weighted by Gasteiger charge is 1.94. The SMILES string of the molecule is C=C/C=C(\C=C)Cc1cnc[nH]1. The van der Waals surface area contributed by atoms with Gasteiger partial charge >= 0.3 is 0 Å². The molecule has 0 aromatic carbocycles. The number of imidazole rings is 1. The van der Waals surface area contributed by atoms with E-state index in [9.17, 15) is 0 Å². The fraction of sp³-hybridized carbons (Fsp3) is 0.100. The fourth-order valence-electron chi connectivity index (χ4n) is 0.952. The Labute approximate surface area is 72.3 Å². The molecule has 0 spiro atoms. The number of H-pyrrole nitrogens is 1. The van der Waals surface area contributed by atoms with Crippen LogP contribution in [0, 0.1) is 0 Å². The molecule has 0 bridgehead atoms. The molecule has 62 valence electrons. The molecule has 0 unspecified atom stereocenters. The number of hydrogen-bond acceptors (Lipinski definition) is 1. The summed E-state index contributed by atoms with van der Waals surface area (Å²) < 4.78 is 0. The molecule has 2 heteroatoms. The molecule has 0 saturated carbocycles. The molecule has 12 heavy (non-hydrogen) atoms. The van der Waals surface area contributed by atoms with Gasteiger partial charge < -0.3 is 4.98 Å². The summed E-state index contributed by atoms with van der Waals surface area (Å²) in [5.41, 5.74) is 2.22. The first kappa shape index (κ1) is 8.53. The topological polar surface area (TPSA) is 28.7 Å². The molecule has 1 heterocycles. The molecule has 1 aromatic rings. The highest BCUT2D eigenvalue weighted by molar-refractivity contribution is 5.25. The molecule has 0 aliphatic heterocycles. The van der Waals surface area contributed by atoms with Gasteiger partial charge in [-0.05, 0) is 5.57 Å². The van der Waals surface area contributed by atoms with Crippen molar-refractivity contribution in [1.82, 2.24) is 9.97 Å². The van der Waals surface area contributed by atoms with E-state index in [4.69, 9.17) is 0 Å². The van der Waals surface area contributed by atoms with Gasteiger partial charge in [0, 0.05) is 18.3 Å². The lowest BCUT2D eigenvalue weighted by atomic mass is 10.1. The molecule has 2 nitrogen and oxygen atoms in total. The third-order valence-electron chi connectivity index (χ3n) is 1.54. The van der Waals surface area contributed by atoms with Gasteiger partial charge in [0.05, 0.1) is 6.33 Å². The molecule has 1 aromatic heterocycles. The average Bonchev–Trinajstić information content (AvgIpc) is 2.56. The molecule has 0 aliphatic rings. The number of nitrogens with zero attached hydrogens (tertiary/aromatic N) is 1. The van der Waals surface area contributed by atoms with Crippen molar-refractivity contribution >= 4 is 0 Å². The van der Waals surface area contributed by atoms with Crippen LogP contribution in [0.5, 0.6) is 0 Å². The molecule has 0 atom stereocenters. The van der Waals surface area contributed by atoms with Crippen LogP contribution in [0.25, 0.3) is 0 Å². The summed E-state index contributed by atoms with van der Waals surface area (Å²) >= 11 is 0. The van der Waals surface area contributed by atoms with Gasteiger partial charge in [-0.2, -0.15) is 0 Å². The summed E-state index contributed by atoms with van der Waals surface area (Å²) in [5.74, 6) is 0. The zero-order valence-corrected chi connectivity index (χ0v) is 6.96. The average molecular weight is 160 g/mol. The van der Waals surface area contributed by atoms with Crippen LogP contribution in [0.2, 0.25) is 0 Å². The van der Waals surface area contributed by atoms with E-state index >= 15 is 0 Å². The van der Waals surface area contributed by atoms with Crippen LogP contribution in [0.15, 0.2) is 49.5 Å². The quantitative estimate of drug-likeness (QED) is 0.672. The van der Waals surface area contributed by atoms with Gasteiger partial charge in [0.2, 0.25) is 0 Å². The van der Waals surface area contributed by atoms with Crippen molar-refractivity contribution in [2.75, 3.05) is 0 Å². The first-order valence-corrected chi connectivity index (χ1v) is 3.78. The lowest BCUT2D eigenvalue weighted by Gasteiger charge is -1.96. The van der Waals surface area contributed by atoms with E-state index in [1.807, 2.05) is 12.2 Å². The van der Waals surface area contributed by atoms with Crippen LogP contribution in [-0.4, -0.2) is 9.97 Å². The van der Waals surface area contributed by atoms with Crippen molar-refractivity contribution in [1.29, 1.82) is 0 Å². The largest absolute Gasteiger partial charge is 0.348 e. The van der Waals surface area contributed by atoms with E-state index in [2.05, 4.69) is 23.1 Å². The maximum atomic E-state index is 3.93. The molecule has 0 fully saturated rings. The molecule has 0 radical (unpaired) electrons. The van der Waals surface area contributed by atoms with E-state index < -0.39 is 0 Å². The minimum atomic E-state index is 0.829. The van der Waals surface area contributed by atoms with E-state index in [0.29, 0.717) is 0 Å². The predicted octanol–water partition coefficient (Wildman–Crippen LogP) is 2.25. The van der Waals surface area contributed by atoms with Gasteiger partial charge in [0.15, 0.2) is 0 Å². The Hall–Kier alpha value is -1.57. The summed E-state index contributed by atoms with van der Waals surface area (Å²) in [6.07, 6.45) is 9.82. The number of rotatable bonds is 4. The normalized spacial score (nSPS) is 11.2. The second kappa shape index (κ2) is 4.34. The smallest absolute Gasteiger partial charge is 0.0921 e. The van der Waals surface area contributed by atoms with E-state index in [0.717, 1.165) is 17.7 Å². The van der Waals surface area contributed by atoms with Gasteiger partial charge in [-0.15, -0.1) is 0 Å². The van der Waals surface area contributed by atoms with Crippen molar-refractivity contribution in [3.8, 4) is 0 Å². The lowest BCUT2D eigenvalue weighted by molar-refractivity contribution is 1.11. The molecular weight excluding hydrogens is 148 g/mol. The van der Waals surface area contributed by atoms with E-state index in [-0.39, 0.29) is 0 Å². The van der Waals surface area contributed by atoms with Crippen molar-refractivity contribution in [3.05, 3.63) is 55.2 Å². The molecule has 1 N–H and O–H groups in total. The Morgan fingerprint density at radius 2 is 2.42 bits per heavy atom. The number of nitrogens with one attached hydrogen (secondary N) is 1. The van der Waals surface area contributed by atoms with Gasteiger partial charge in [-0.3, -0.25) is 0 Å². The first-order chi connectivity index (χ1) is 5.86. The van der Waals surface area contributed by atoms with E-state index in [1.165, 1.54) is 0 Å². The maximum absolute atomic E-state index is 3.93. The molecule has 0 saturated heterocycles. The van der Waals surface area contributed by atoms with Gasteiger partial charge in [-0.25, -0.2) is 4.98 Å². The molecular formula is C10H12N2. The number of allylic oxidation sites excluding steroid dienone is 4. The highest BCUT2D eigenvalue weighted by Crippen LogP contribution is 2.05. The summed E-state index contributed by atoms with van der Waals surface area (Å²) in [6.45, 7) is 7.34. The maximum Gasteiger partial charge on any atom is 0.0921 e. The van der Waals surface area contributed by atoms with E-state index in [1.54, 1.807) is 18.6 Å². The molecule has 1 rings (SSSR count). The highest BCUT2D eigenvalue weighted by atomic mass is 14.9. The standard InChI is InChI=1S/C10H12N2/c1-3-5-9(4-2)6-10-7-11-8-12-10/h3-5,7-8H,1-2,6H2,(H,11,12)/b9-5+. The van der Waals surface area contributed by atoms with Crippen LogP contribution in [-0.2, 0) is 6.42 Å². The summed E-state index contributed by atoms with van der Waals surface area (Å²) in [6, 6.07) is 0. The first-order valence-electron chi connectivity index (χ1n) is 3.78. The Balaban J connectivity index is 2.66. The Bertz CT molecular complexity index is 281. The van der Waals surface area contributed by atoms with Gasteiger partial charge in [0.25, 0.3) is 0 Å². The van der Waals surface area contributed by atoms with Crippen molar-refractivity contribution in [2.24, 2.45) is 0 Å². The third-order valence-corrected chi connectivity index (χ3v) is 1.54. The Morgan fingerprint density at radius 3 is 2.92 bits per heavy atom. The predicted molar refractivity (Wildman–Crippen MR) is 50.8 cm³/mol. The number of hydrogen-bond donors (Lipinski definition) is 1. The Morgan fingerprint density at radius 1 is 1.58 bits per heavy atom. The summed E-state index contributed by atoms with van der Waals surface area (Å²) in [7, 11) is 0. The van der Waals surface area contributed by atoms with Crippen LogP contribution in [0.4, 0.5) is 0 Å². The summed E-state index contributed by atoms with van der Waals surface area (Å²) in [4.78, 5) is 6.95. The fourth-order valence-corrected chi connectivity index (χ4v) is 0.952. The zero-order chi connectivity index (χ0) is 8.81. The number of aromatic nitrogens is 2. The minimum absolute atomic E-state index is 0.829.